The van der Waals surface area contributed by atoms with Gasteiger partial charge in [-0.15, -0.1) is 11.3 Å². The normalized spacial score (nSPS) is 10.0. The number of carbonyl (C=O) groups is 1. The minimum atomic E-state index is -0.311. The summed E-state index contributed by atoms with van der Waals surface area (Å²) in [6.07, 6.45) is 1.83. The van der Waals surface area contributed by atoms with Crippen molar-refractivity contribution in [2.45, 2.75) is 6.42 Å². The van der Waals surface area contributed by atoms with E-state index < -0.39 is 0 Å². The fraction of sp³-hybridized carbons (Fsp3) is 0.273. The predicted octanol–water partition coefficient (Wildman–Crippen LogP) is 0.599. The molecule has 20 heavy (non-hydrogen) atoms. The second-order valence-corrected chi connectivity index (χ2v) is 4.77. The summed E-state index contributed by atoms with van der Waals surface area (Å²) in [7, 11) is 1.51. The van der Waals surface area contributed by atoms with E-state index in [2.05, 4.69) is 20.8 Å². The molecule has 8 nitrogen and oxygen atoms in total. The molecule has 0 saturated heterocycles. The summed E-state index contributed by atoms with van der Waals surface area (Å²) in [6.45, 7) is 0.490. The Morgan fingerprint density at radius 2 is 2.45 bits per heavy atom. The number of nitrogens with one attached hydrogen (secondary N) is 2. The molecule has 4 N–H and O–H groups in total. The minimum absolute atomic E-state index is 0.192. The van der Waals surface area contributed by atoms with E-state index in [4.69, 9.17) is 15.5 Å². The Hall–Kier alpha value is -2.60. The zero-order valence-electron chi connectivity index (χ0n) is 10.6. The molecule has 9 heteroatoms. The van der Waals surface area contributed by atoms with Crippen molar-refractivity contribution in [3.05, 3.63) is 22.7 Å². The van der Waals surface area contributed by atoms with Crippen LogP contribution in [0.15, 0.2) is 10.9 Å². The molecule has 1 amide bonds. The Morgan fingerprint density at radius 1 is 1.65 bits per heavy atom. The molecule has 0 unspecified atom stereocenters. The van der Waals surface area contributed by atoms with Gasteiger partial charge < -0.3 is 20.9 Å². The zero-order chi connectivity index (χ0) is 14.5. The molecule has 0 radical (unpaired) electrons. The molecule has 0 aromatic carbocycles. The lowest BCUT2D eigenvalue weighted by Crippen LogP contribution is -2.17. The molecule has 2 aromatic heterocycles. The topological polar surface area (TPSA) is 130 Å². The van der Waals surface area contributed by atoms with Crippen molar-refractivity contribution in [3.8, 4) is 6.07 Å². The van der Waals surface area contributed by atoms with Gasteiger partial charge in [-0.2, -0.15) is 10.2 Å². The molecule has 0 spiro atoms. The first kappa shape index (κ1) is 13.8. The Morgan fingerprint density at radius 3 is 3.05 bits per heavy atom. The third kappa shape index (κ3) is 2.70. The summed E-state index contributed by atoms with van der Waals surface area (Å²) in [5.41, 5.74) is 6.27. The number of hydrogen-bond acceptors (Lipinski definition) is 8. The monoisotopic (exact) mass is 292 g/mol. The van der Waals surface area contributed by atoms with Gasteiger partial charge in [-0.1, -0.05) is 5.16 Å². The van der Waals surface area contributed by atoms with Crippen molar-refractivity contribution < 1.29 is 9.32 Å². The molecule has 0 aliphatic heterocycles. The quantitative estimate of drug-likeness (QED) is 0.735. The van der Waals surface area contributed by atoms with Crippen LogP contribution in [0, 0.1) is 11.3 Å². The van der Waals surface area contributed by atoms with Gasteiger partial charge in [0.15, 0.2) is 6.33 Å². The highest BCUT2D eigenvalue weighted by molar-refractivity contribution is 7.18. The van der Waals surface area contributed by atoms with Crippen LogP contribution in [0.1, 0.15) is 21.1 Å². The third-order valence-corrected chi connectivity index (χ3v) is 3.68. The number of hydrogen-bond donors (Lipinski definition) is 3. The van der Waals surface area contributed by atoms with Crippen LogP contribution in [0.5, 0.6) is 0 Å². The van der Waals surface area contributed by atoms with Gasteiger partial charge in [-0.25, -0.2) is 0 Å². The van der Waals surface area contributed by atoms with Crippen LogP contribution in [0.3, 0.4) is 0 Å². The molecule has 0 aliphatic rings. The van der Waals surface area contributed by atoms with Crippen LogP contribution in [0.2, 0.25) is 0 Å². The highest BCUT2D eigenvalue weighted by Gasteiger charge is 2.20. The van der Waals surface area contributed by atoms with Gasteiger partial charge >= 0.3 is 0 Å². The highest BCUT2D eigenvalue weighted by Crippen LogP contribution is 2.34. The number of amides is 1. The number of nitrogens with zero attached hydrogens (tertiary/aromatic N) is 3. The summed E-state index contributed by atoms with van der Waals surface area (Å²) >= 11 is 1.14. The fourth-order valence-electron chi connectivity index (χ4n) is 1.55. The van der Waals surface area contributed by atoms with Crippen LogP contribution < -0.4 is 16.4 Å². The van der Waals surface area contributed by atoms with E-state index in [1.165, 1.54) is 13.4 Å². The lowest BCUT2D eigenvalue weighted by molar-refractivity contribution is 0.0968. The largest absolute Gasteiger partial charge is 0.396 e. The Labute approximate surface area is 118 Å². The van der Waals surface area contributed by atoms with Crippen molar-refractivity contribution in [3.63, 3.8) is 0 Å². The van der Waals surface area contributed by atoms with Gasteiger partial charge in [0, 0.05) is 20.0 Å². The van der Waals surface area contributed by atoms with Crippen LogP contribution in [-0.2, 0) is 6.42 Å². The Balaban J connectivity index is 2.11. The van der Waals surface area contributed by atoms with Gasteiger partial charge in [0.1, 0.15) is 21.5 Å². The van der Waals surface area contributed by atoms with Gasteiger partial charge in [-0.3, -0.25) is 4.79 Å². The third-order valence-electron chi connectivity index (χ3n) is 2.52. The summed E-state index contributed by atoms with van der Waals surface area (Å²) in [4.78, 5) is 15.8. The maximum absolute atomic E-state index is 11.6. The van der Waals surface area contributed by atoms with E-state index in [1.54, 1.807) is 0 Å². The van der Waals surface area contributed by atoms with Crippen molar-refractivity contribution in [2.75, 3.05) is 24.6 Å². The second-order valence-electron chi connectivity index (χ2n) is 3.75. The number of thiophene rings is 1. The minimum Gasteiger partial charge on any atom is -0.396 e. The first-order valence-electron chi connectivity index (χ1n) is 5.71. The van der Waals surface area contributed by atoms with E-state index in [9.17, 15) is 4.79 Å². The maximum atomic E-state index is 11.6. The van der Waals surface area contributed by atoms with Crippen LogP contribution in [-0.4, -0.2) is 29.6 Å². The SMILES string of the molecule is CNC(=O)c1sc(NCCc2ncno2)c(C#N)c1N. The number of nitrogen functional groups attached to an aromatic ring is 1. The lowest BCUT2D eigenvalue weighted by atomic mass is 10.2. The molecule has 0 aliphatic carbocycles. The first-order valence-corrected chi connectivity index (χ1v) is 6.52. The van der Waals surface area contributed by atoms with Gasteiger partial charge in [0.25, 0.3) is 5.91 Å². The summed E-state index contributed by atoms with van der Waals surface area (Å²) < 4.78 is 4.86. The van der Waals surface area contributed by atoms with E-state index in [0.717, 1.165) is 11.3 Å². The van der Waals surface area contributed by atoms with Crippen LogP contribution in [0.25, 0.3) is 0 Å². The van der Waals surface area contributed by atoms with Crippen molar-refractivity contribution in [1.82, 2.24) is 15.5 Å². The molecule has 0 bridgehead atoms. The van der Waals surface area contributed by atoms with E-state index in [0.29, 0.717) is 28.7 Å². The number of nitriles is 1. The first-order chi connectivity index (χ1) is 9.67. The maximum Gasteiger partial charge on any atom is 0.263 e. The van der Waals surface area contributed by atoms with Crippen LogP contribution >= 0.6 is 11.3 Å². The second kappa shape index (κ2) is 6.03. The predicted molar refractivity (Wildman–Crippen MR) is 73.3 cm³/mol. The standard InChI is InChI=1S/C11H12N6O2S/c1-14-10(18)9-8(13)6(4-12)11(20-9)15-3-2-7-16-5-17-19-7/h5,15H,2-3,13H2,1H3,(H,14,18). The lowest BCUT2D eigenvalue weighted by Gasteiger charge is -2.01. The molecule has 0 saturated carbocycles. The van der Waals surface area contributed by atoms with Gasteiger partial charge in [0.2, 0.25) is 5.89 Å². The Kier molecular flexibility index (Phi) is 4.17. The molecule has 2 heterocycles. The number of nitrogens with two attached hydrogens (primary N) is 1. The molecule has 2 aromatic rings. The number of aromatic nitrogens is 2. The Bertz CT molecular complexity index is 643. The average Bonchev–Trinajstić information content (AvgIpc) is 3.06. The van der Waals surface area contributed by atoms with Crippen LogP contribution in [0.4, 0.5) is 10.7 Å². The average molecular weight is 292 g/mol. The van der Waals surface area contributed by atoms with E-state index in [1.807, 2.05) is 6.07 Å². The van der Waals surface area contributed by atoms with Crippen molar-refractivity contribution >= 4 is 27.9 Å². The zero-order valence-corrected chi connectivity index (χ0v) is 11.5. The van der Waals surface area contributed by atoms with Crippen molar-refractivity contribution in [1.29, 1.82) is 5.26 Å². The number of anilines is 2. The summed E-state index contributed by atoms with van der Waals surface area (Å²) in [5.74, 6) is 0.181. The van der Waals surface area contributed by atoms with Gasteiger partial charge in [-0.05, 0) is 0 Å². The smallest absolute Gasteiger partial charge is 0.263 e. The molecule has 0 fully saturated rings. The number of rotatable bonds is 5. The molecular weight excluding hydrogens is 280 g/mol. The molecule has 2 rings (SSSR count). The summed E-state index contributed by atoms with van der Waals surface area (Å²) in [6, 6.07) is 2.00. The molecule has 104 valence electrons. The van der Waals surface area contributed by atoms with E-state index in [-0.39, 0.29) is 17.2 Å². The van der Waals surface area contributed by atoms with Gasteiger partial charge in [0.05, 0.1) is 5.69 Å². The van der Waals surface area contributed by atoms with E-state index >= 15 is 0 Å². The molecule has 0 atom stereocenters. The molecular formula is C11H12N6O2S. The summed E-state index contributed by atoms with van der Waals surface area (Å²) in [5, 5.41) is 18.7. The highest BCUT2D eigenvalue weighted by atomic mass is 32.1. The van der Waals surface area contributed by atoms with Crippen molar-refractivity contribution in [2.24, 2.45) is 0 Å². The number of carbonyl (C=O) groups excluding carboxylic acids is 1. The fourth-order valence-corrected chi connectivity index (χ4v) is 2.59.